The average molecular weight is 364 g/mol. The lowest BCUT2D eigenvalue weighted by Crippen LogP contribution is -2.24. The quantitative estimate of drug-likeness (QED) is 0.589. The van der Waals surface area contributed by atoms with E-state index in [1.165, 1.54) is 11.3 Å². The van der Waals surface area contributed by atoms with Crippen molar-refractivity contribution in [3.63, 3.8) is 0 Å². The third-order valence-corrected chi connectivity index (χ3v) is 4.75. The molecule has 3 aromatic heterocycles. The highest BCUT2D eigenvalue weighted by Crippen LogP contribution is 2.29. The highest BCUT2D eigenvalue weighted by molar-refractivity contribution is 7.15. The summed E-state index contributed by atoms with van der Waals surface area (Å²) in [5.41, 5.74) is 2.96. The van der Waals surface area contributed by atoms with Crippen molar-refractivity contribution in [2.24, 2.45) is 0 Å². The van der Waals surface area contributed by atoms with Crippen LogP contribution in [0.15, 0.2) is 60.4 Å². The van der Waals surface area contributed by atoms with E-state index in [1.54, 1.807) is 19.5 Å². The van der Waals surface area contributed by atoms with Crippen molar-refractivity contribution < 1.29 is 9.53 Å². The van der Waals surface area contributed by atoms with Crippen LogP contribution in [-0.2, 0) is 6.54 Å². The molecule has 0 atom stereocenters. The molecule has 3 heterocycles. The maximum atomic E-state index is 12.8. The molecule has 0 radical (unpaired) electrons. The van der Waals surface area contributed by atoms with Crippen molar-refractivity contribution in [3.8, 4) is 17.0 Å². The van der Waals surface area contributed by atoms with Crippen molar-refractivity contribution in [2.45, 2.75) is 6.54 Å². The number of hydrogen-bond donors (Lipinski definition) is 1. The summed E-state index contributed by atoms with van der Waals surface area (Å²) in [5.74, 6) is 0.511. The summed E-state index contributed by atoms with van der Waals surface area (Å²) in [4.78, 5) is 22.2. The fourth-order valence-electron chi connectivity index (χ4n) is 2.76. The summed E-state index contributed by atoms with van der Waals surface area (Å²) in [7, 11) is 1.62. The first kappa shape index (κ1) is 16.3. The third-order valence-electron chi connectivity index (χ3n) is 4.00. The molecule has 130 valence electrons. The van der Waals surface area contributed by atoms with Crippen LogP contribution in [0.25, 0.3) is 16.2 Å². The van der Waals surface area contributed by atoms with Gasteiger partial charge in [-0.1, -0.05) is 18.2 Å². The first-order valence-electron chi connectivity index (χ1n) is 8.03. The number of benzene rings is 1. The second kappa shape index (κ2) is 6.97. The van der Waals surface area contributed by atoms with E-state index in [2.05, 4.69) is 15.3 Å². The molecule has 4 aromatic rings. The number of carbonyl (C=O) groups is 1. The number of pyridine rings is 1. The van der Waals surface area contributed by atoms with Crippen molar-refractivity contribution >= 4 is 22.2 Å². The normalized spacial score (nSPS) is 10.8. The van der Waals surface area contributed by atoms with E-state index < -0.39 is 0 Å². The van der Waals surface area contributed by atoms with Crippen LogP contribution < -0.4 is 10.1 Å². The summed E-state index contributed by atoms with van der Waals surface area (Å²) >= 11 is 1.49. The number of nitrogens with one attached hydrogen (secondary N) is 1. The van der Waals surface area contributed by atoms with Crippen molar-refractivity contribution in [3.05, 3.63) is 71.6 Å². The molecule has 0 aliphatic rings. The molecule has 0 saturated carbocycles. The highest BCUT2D eigenvalue weighted by Gasteiger charge is 2.21. The average Bonchev–Trinajstić information content (AvgIpc) is 3.28. The number of methoxy groups -OCH3 is 1. The number of aromatic nitrogens is 3. The van der Waals surface area contributed by atoms with E-state index >= 15 is 0 Å². The Balaban J connectivity index is 1.70. The number of fused-ring (bicyclic) bond motifs is 1. The van der Waals surface area contributed by atoms with E-state index in [9.17, 15) is 4.79 Å². The third kappa shape index (κ3) is 3.04. The molecule has 0 unspecified atom stereocenters. The van der Waals surface area contributed by atoms with Crippen LogP contribution in [0, 0.1) is 0 Å². The zero-order chi connectivity index (χ0) is 17.9. The Bertz CT molecular complexity index is 1060. The first-order chi connectivity index (χ1) is 12.8. The van der Waals surface area contributed by atoms with Gasteiger partial charge in [-0.3, -0.25) is 14.2 Å². The molecule has 1 amide bonds. The van der Waals surface area contributed by atoms with Gasteiger partial charge in [0.2, 0.25) is 0 Å². The molecule has 0 aliphatic heterocycles. The van der Waals surface area contributed by atoms with Gasteiger partial charge in [0.1, 0.15) is 5.75 Å². The molecule has 0 bridgehead atoms. The van der Waals surface area contributed by atoms with Crippen LogP contribution in [0.2, 0.25) is 0 Å². The van der Waals surface area contributed by atoms with Gasteiger partial charge in [-0.05, 0) is 23.8 Å². The van der Waals surface area contributed by atoms with Gasteiger partial charge < -0.3 is 10.1 Å². The van der Waals surface area contributed by atoms with Gasteiger partial charge in [0.25, 0.3) is 5.91 Å². The van der Waals surface area contributed by atoms with Gasteiger partial charge in [-0.2, -0.15) is 0 Å². The lowest BCUT2D eigenvalue weighted by Gasteiger charge is -2.08. The molecule has 4 rings (SSSR count). The Labute approximate surface area is 154 Å². The van der Waals surface area contributed by atoms with Crippen LogP contribution >= 0.6 is 11.3 Å². The minimum Gasteiger partial charge on any atom is -0.497 e. The SMILES string of the molecule is COc1cccc(-c2c(C(=O)NCc3cccnc3)nc3sccn23)c1. The molecule has 7 heteroatoms. The van der Waals surface area contributed by atoms with Gasteiger partial charge in [0, 0.05) is 36.1 Å². The van der Waals surface area contributed by atoms with Crippen molar-refractivity contribution in [2.75, 3.05) is 7.11 Å². The van der Waals surface area contributed by atoms with Gasteiger partial charge in [-0.25, -0.2) is 4.98 Å². The lowest BCUT2D eigenvalue weighted by atomic mass is 10.1. The van der Waals surface area contributed by atoms with Gasteiger partial charge in [0.15, 0.2) is 10.7 Å². The van der Waals surface area contributed by atoms with E-state index in [0.29, 0.717) is 12.2 Å². The Hall–Kier alpha value is -3.19. The fourth-order valence-corrected chi connectivity index (χ4v) is 3.47. The van der Waals surface area contributed by atoms with Crippen molar-refractivity contribution in [1.82, 2.24) is 19.7 Å². The number of thiazole rings is 1. The topological polar surface area (TPSA) is 68.5 Å². The number of carbonyl (C=O) groups excluding carboxylic acids is 1. The first-order valence-corrected chi connectivity index (χ1v) is 8.91. The molecule has 1 aromatic carbocycles. The number of amides is 1. The van der Waals surface area contributed by atoms with E-state index in [4.69, 9.17) is 4.74 Å². The lowest BCUT2D eigenvalue weighted by molar-refractivity contribution is 0.0947. The number of rotatable bonds is 5. The Morgan fingerprint density at radius 1 is 1.31 bits per heavy atom. The molecular weight excluding hydrogens is 348 g/mol. The Morgan fingerprint density at radius 3 is 3.04 bits per heavy atom. The molecule has 26 heavy (non-hydrogen) atoms. The zero-order valence-corrected chi connectivity index (χ0v) is 14.9. The fraction of sp³-hybridized carbons (Fsp3) is 0.105. The van der Waals surface area contributed by atoms with Crippen LogP contribution in [0.3, 0.4) is 0 Å². The molecule has 0 aliphatic carbocycles. The predicted molar refractivity (Wildman–Crippen MR) is 100 cm³/mol. The van der Waals surface area contributed by atoms with E-state index in [0.717, 1.165) is 27.5 Å². The summed E-state index contributed by atoms with van der Waals surface area (Å²) in [6.45, 7) is 0.398. The minimum atomic E-state index is -0.220. The zero-order valence-electron chi connectivity index (χ0n) is 14.0. The number of ether oxygens (including phenoxy) is 1. The minimum absolute atomic E-state index is 0.220. The standard InChI is InChI=1S/C19H16N4O2S/c1-25-15-6-2-5-14(10-15)17-16(22-19-23(17)8-9-26-19)18(24)21-12-13-4-3-7-20-11-13/h2-11H,12H2,1H3,(H,21,24). The molecule has 6 nitrogen and oxygen atoms in total. The van der Waals surface area contributed by atoms with Gasteiger partial charge >= 0.3 is 0 Å². The highest BCUT2D eigenvalue weighted by atomic mass is 32.1. The smallest absolute Gasteiger partial charge is 0.272 e. The van der Waals surface area contributed by atoms with Crippen molar-refractivity contribution in [1.29, 1.82) is 0 Å². The monoisotopic (exact) mass is 364 g/mol. The summed E-state index contributed by atoms with van der Waals surface area (Å²) in [5, 5.41) is 4.87. The second-order valence-electron chi connectivity index (χ2n) is 5.64. The molecule has 1 N–H and O–H groups in total. The summed E-state index contributed by atoms with van der Waals surface area (Å²) in [6.07, 6.45) is 5.35. The van der Waals surface area contributed by atoms with Crippen LogP contribution in [0.5, 0.6) is 5.75 Å². The van der Waals surface area contributed by atoms with Crippen LogP contribution in [0.4, 0.5) is 0 Å². The summed E-state index contributed by atoms with van der Waals surface area (Å²) < 4.78 is 7.25. The molecule has 0 spiro atoms. The molecule has 0 fully saturated rings. The van der Waals surface area contributed by atoms with E-state index in [1.807, 2.05) is 52.4 Å². The Morgan fingerprint density at radius 2 is 2.23 bits per heavy atom. The van der Waals surface area contributed by atoms with Gasteiger partial charge in [0.05, 0.1) is 12.8 Å². The molecular formula is C19H16N4O2S. The number of imidazole rings is 1. The van der Waals surface area contributed by atoms with Crippen LogP contribution in [-0.4, -0.2) is 27.4 Å². The van der Waals surface area contributed by atoms with Gasteiger partial charge in [-0.15, -0.1) is 11.3 Å². The number of nitrogens with zero attached hydrogens (tertiary/aromatic N) is 3. The van der Waals surface area contributed by atoms with Crippen LogP contribution in [0.1, 0.15) is 16.1 Å². The van der Waals surface area contributed by atoms with E-state index in [-0.39, 0.29) is 5.91 Å². The largest absolute Gasteiger partial charge is 0.497 e. The predicted octanol–water partition coefficient (Wildman–Crippen LogP) is 3.40. The molecule has 0 saturated heterocycles. The number of hydrogen-bond acceptors (Lipinski definition) is 5. The maximum absolute atomic E-state index is 12.8. The second-order valence-corrected chi connectivity index (χ2v) is 6.51. The Kier molecular flexibility index (Phi) is 4.37. The maximum Gasteiger partial charge on any atom is 0.272 e. The summed E-state index contributed by atoms with van der Waals surface area (Å²) in [6, 6.07) is 11.4.